The average Bonchev–Trinajstić information content (AvgIpc) is 3.18. The normalized spacial score (nSPS) is 12.8. The van der Waals surface area contributed by atoms with Crippen LogP contribution in [-0.4, -0.2) is 19.4 Å². The molecule has 6 rings (SSSR count). The van der Waals surface area contributed by atoms with Gasteiger partial charge in [0.15, 0.2) is 5.65 Å². The molecular weight excluding hydrogens is 296 g/mol. The highest BCUT2D eigenvalue weighted by atomic mass is 15.1. The Balaban J connectivity index is 1.93. The van der Waals surface area contributed by atoms with Crippen molar-refractivity contribution in [3.63, 3.8) is 0 Å². The van der Waals surface area contributed by atoms with Crippen LogP contribution in [0.1, 0.15) is 11.3 Å². The molecule has 5 aromatic rings. The van der Waals surface area contributed by atoms with Crippen molar-refractivity contribution in [2.24, 2.45) is 0 Å². The van der Waals surface area contributed by atoms with Gasteiger partial charge in [-0.1, -0.05) is 30.3 Å². The molecule has 1 aliphatic carbocycles. The Kier molecular flexibility index (Phi) is 2.12. The largest absolute Gasteiger partial charge is 0.289 e. The van der Waals surface area contributed by atoms with Crippen LogP contribution in [0.25, 0.3) is 38.7 Å². The van der Waals surface area contributed by atoms with Gasteiger partial charge in [0, 0.05) is 35.2 Å². The molecule has 112 valence electrons. The molecule has 0 bridgehead atoms. The van der Waals surface area contributed by atoms with E-state index < -0.39 is 0 Å². The van der Waals surface area contributed by atoms with Crippen molar-refractivity contribution >= 4 is 27.5 Å². The summed E-state index contributed by atoms with van der Waals surface area (Å²) in [7, 11) is 0. The molecule has 0 saturated heterocycles. The highest BCUT2D eigenvalue weighted by molar-refractivity contribution is 6.10. The lowest BCUT2D eigenvalue weighted by molar-refractivity contribution is 1.16. The lowest BCUT2D eigenvalue weighted by atomic mass is 10.1. The number of rotatable bonds is 0. The summed E-state index contributed by atoms with van der Waals surface area (Å²) in [4.78, 5) is 13.9. The maximum absolute atomic E-state index is 4.96. The van der Waals surface area contributed by atoms with Crippen molar-refractivity contribution < 1.29 is 0 Å². The topological polar surface area (TPSA) is 43.1 Å². The van der Waals surface area contributed by atoms with E-state index in [1.54, 1.807) is 0 Å². The monoisotopic (exact) mass is 308 g/mol. The molecular formula is C20H12N4. The third-order valence-corrected chi connectivity index (χ3v) is 4.93. The van der Waals surface area contributed by atoms with E-state index in [1.807, 2.05) is 24.7 Å². The van der Waals surface area contributed by atoms with Gasteiger partial charge in [-0.2, -0.15) is 0 Å². The van der Waals surface area contributed by atoms with Crippen LogP contribution in [0.4, 0.5) is 0 Å². The molecule has 0 fully saturated rings. The molecule has 0 amide bonds. The van der Waals surface area contributed by atoms with Crippen LogP contribution in [0.2, 0.25) is 0 Å². The second-order valence-corrected chi connectivity index (χ2v) is 6.19. The number of hydrogen-bond donors (Lipinski definition) is 0. The van der Waals surface area contributed by atoms with Crippen molar-refractivity contribution in [1.29, 1.82) is 0 Å². The van der Waals surface area contributed by atoms with E-state index >= 15 is 0 Å². The summed E-state index contributed by atoms with van der Waals surface area (Å²) >= 11 is 0. The van der Waals surface area contributed by atoms with E-state index in [2.05, 4.69) is 50.8 Å². The second kappa shape index (κ2) is 4.17. The maximum atomic E-state index is 4.96. The molecule has 4 heterocycles. The summed E-state index contributed by atoms with van der Waals surface area (Å²) in [6.07, 6.45) is 6.48. The summed E-state index contributed by atoms with van der Waals surface area (Å²) in [6.45, 7) is 0. The van der Waals surface area contributed by atoms with E-state index in [9.17, 15) is 0 Å². The first kappa shape index (κ1) is 12.2. The lowest BCUT2D eigenvalue weighted by Gasteiger charge is -2.09. The van der Waals surface area contributed by atoms with Crippen LogP contribution < -0.4 is 0 Å². The third-order valence-electron chi connectivity index (χ3n) is 4.93. The molecule has 0 unspecified atom stereocenters. The van der Waals surface area contributed by atoms with Crippen LogP contribution in [0, 0.1) is 0 Å². The second-order valence-electron chi connectivity index (χ2n) is 6.19. The molecule has 0 N–H and O–H groups in total. The highest BCUT2D eigenvalue weighted by Crippen LogP contribution is 2.40. The van der Waals surface area contributed by atoms with E-state index in [4.69, 9.17) is 4.98 Å². The van der Waals surface area contributed by atoms with Crippen LogP contribution in [0.5, 0.6) is 0 Å². The van der Waals surface area contributed by atoms with Gasteiger partial charge in [-0.3, -0.25) is 14.4 Å². The summed E-state index contributed by atoms with van der Waals surface area (Å²) in [5.41, 5.74) is 7.86. The van der Waals surface area contributed by atoms with Crippen molar-refractivity contribution in [1.82, 2.24) is 19.4 Å². The van der Waals surface area contributed by atoms with Crippen molar-refractivity contribution in [3.05, 3.63) is 72.3 Å². The number of hydrogen-bond acceptors (Lipinski definition) is 3. The molecule has 4 aromatic heterocycles. The van der Waals surface area contributed by atoms with E-state index in [-0.39, 0.29) is 0 Å². The summed E-state index contributed by atoms with van der Waals surface area (Å²) in [5, 5.41) is 2.28. The molecule has 0 spiro atoms. The van der Waals surface area contributed by atoms with Gasteiger partial charge in [-0.25, -0.2) is 4.98 Å². The van der Waals surface area contributed by atoms with Gasteiger partial charge in [0.2, 0.25) is 0 Å². The third kappa shape index (κ3) is 1.36. The Bertz CT molecular complexity index is 1280. The summed E-state index contributed by atoms with van der Waals surface area (Å²) in [5.74, 6) is 0. The molecule has 4 nitrogen and oxygen atoms in total. The smallest absolute Gasteiger partial charge is 0.164 e. The number of fused-ring (bicyclic) bond motifs is 10. The summed E-state index contributed by atoms with van der Waals surface area (Å²) in [6, 6.07) is 14.7. The minimum absolute atomic E-state index is 0.878. The Hall–Kier alpha value is -3.27. The molecule has 0 saturated carbocycles. The van der Waals surface area contributed by atoms with Crippen LogP contribution in [-0.2, 0) is 6.42 Å². The number of nitrogens with zero attached hydrogens (tertiary/aromatic N) is 4. The van der Waals surface area contributed by atoms with E-state index in [0.29, 0.717) is 0 Å². The van der Waals surface area contributed by atoms with Crippen LogP contribution >= 0.6 is 0 Å². The molecule has 1 aromatic carbocycles. The van der Waals surface area contributed by atoms with Gasteiger partial charge in [-0.15, -0.1) is 0 Å². The van der Waals surface area contributed by atoms with Gasteiger partial charge < -0.3 is 0 Å². The first-order valence-electron chi connectivity index (χ1n) is 8.02. The zero-order valence-electron chi connectivity index (χ0n) is 12.8. The average molecular weight is 308 g/mol. The fourth-order valence-corrected chi connectivity index (χ4v) is 3.94. The number of aromatic nitrogens is 4. The molecule has 0 atom stereocenters. The van der Waals surface area contributed by atoms with Crippen molar-refractivity contribution in [2.75, 3.05) is 0 Å². The zero-order chi connectivity index (χ0) is 15.7. The predicted octanol–water partition coefficient (Wildman–Crippen LogP) is 4.00. The minimum atomic E-state index is 0.878. The van der Waals surface area contributed by atoms with Crippen molar-refractivity contribution in [3.8, 4) is 11.3 Å². The Morgan fingerprint density at radius 2 is 1.88 bits per heavy atom. The van der Waals surface area contributed by atoms with Crippen LogP contribution in [0.3, 0.4) is 0 Å². The first-order chi connectivity index (χ1) is 11.9. The quantitative estimate of drug-likeness (QED) is 0.398. The molecule has 4 heteroatoms. The fourth-order valence-electron chi connectivity index (χ4n) is 3.94. The van der Waals surface area contributed by atoms with Gasteiger partial charge in [0.05, 0.1) is 23.1 Å². The Labute approximate surface area is 137 Å². The van der Waals surface area contributed by atoms with Gasteiger partial charge in [-0.05, 0) is 17.7 Å². The molecule has 0 aliphatic heterocycles. The SMILES string of the molecule is c1ccc2c(c1)Cc1nc3c4ncccc4c4ccncc4n3c1-2. The maximum Gasteiger partial charge on any atom is 0.164 e. The van der Waals surface area contributed by atoms with E-state index in [1.165, 1.54) is 16.8 Å². The predicted molar refractivity (Wildman–Crippen MR) is 94.0 cm³/mol. The fraction of sp³-hybridized carbons (Fsp3) is 0.0500. The van der Waals surface area contributed by atoms with Crippen LogP contribution in [0.15, 0.2) is 61.1 Å². The van der Waals surface area contributed by atoms with Gasteiger partial charge in [0.25, 0.3) is 0 Å². The molecule has 24 heavy (non-hydrogen) atoms. The molecule has 1 aliphatic rings. The van der Waals surface area contributed by atoms with Gasteiger partial charge in [0.1, 0.15) is 5.52 Å². The van der Waals surface area contributed by atoms with E-state index in [0.717, 1.165) is 39.6 Å². The zero-order valence-corrected chi connectivity index (χ0v) is 12.8. The number of pyridine rings is 3. The summed E-state index contributed by atoms with van der Waals surface area (Å²) < 4.78 is 2.23. The number of imidazole rings is 1. The van der Waals surface area contributed by atoms with Crippen molar-refractivity contribution in [2.45, 2.75) is 6.42 Å². The number of benzene rings is 1. The Morgan fingerprint density at radius 3 is 2.88 bits per heavy atom. The minimum Gasteiger partial charge on any atom is -0.289 e. The lowest BCUT2D eigenvalue weighted by Crippen LogP contribution is -1.95. The molecule has 0 radical (unpaired) electrons. The Morgan fingerprint density at radius 1 is 0.917 bits per heavy atom. The van der Waals surface area contributed by atoms with Gasteiger partial charge >= 0.3 is 0 Å². The highest BCUT2D eigenvalue weighted by Gasteiger charge is 2.26. The standard InChI is InChI=1S/C20H12N4/c1-2-5-13-12(4-1)10-16-19(13)24-17-11-21-9-7-14(17)15-6-3-8-22-18(15)20(24)23-16/h1-9,11H,10H2. The first-order valence-corrected chi connectivity index (χ1v) is 8.02.